The lowest BCUT2D eigenvalue weighted by molar-refractivity contribution is -0.138. The van der Waals surface area contributed by atoms with Crippen molar-refractivity contribution in [2.24, 2.45) is 0 Å². The fourth-order valence-electron chi connectivity index (χ4n) is 1.47. The number of nitrogens with one attached hydrogen (secondary N) is 1. The van der Waals surface area contributed by atoms with Gasteiger partial charge in [-0.1, -0.05) is 11.3 Å². The van der Waals surface area contributed by atoms with Gasteiger partial charge < -0.3 is 14.8 Å². The zero-order valence-corrected chi connectivity index (χ0v) is 11.5. The molecule has 2 N–H and O–H groups in total. The molecule has 20 heavy (non-hydrogen) atoms. The van der Waals surface area contributed by atoms with E-state index in [1.165, 1.54) is 6.92 Å². The number of hydrogen-bond acceptors (Lipinski definition) is 6. The molecule has 2 aromatic heterocycles. The second-order valence-electron chi connectivity index (χ2n) is 4.45. The van der Waals surface area contributed by atoms with Crippen LogP contribution in [0.15, 0.2) is 16.5 Å². The van der Waals surface area contributed by atoms with Gasteiger partial charge in [0.2, 0.25) is 10.1 Å². The van der Waals surface area contributed by atoms with Crippen molar-refractivity contribution in [2.75, 3.05) is 11.9 Å². The van der Waals surface area contributed by atoms with Crippen molar-refractivity contribution in [3.8, 4) is 0 Å². The molecule has 0 saturated heterocycles. The quantitative estimate of drug-likeness (QED) is 0.909. The van der Waals surface area contributed by atoms with Gasteiger partial charge in [-0.25, -0.2) is 0 Å². The van der Waals surface area contributed by atoms with Gasteiger partial charge in [0.05, 0.1) is 6.54 Å². The monoisotopic (exact) mass is 307 g/mol. The molecule has 5 nitrogen and oxygen atoms in total. The first-order valence-corrected chi connectivity index (χ1v) is 6.44. The Morgan fingerprint density at radius 1 is 1.35 bits per heavy atom. The smallest absolute Gasteiger partial charge is 0.445 e. The van der Waals surface area contributed by atoms with E-state index in [-0.39, 0.29) is 11.7 Å². The van der Waals surface area contributed by atoms with Crippen LogP contribution in [-0.4, -0.2) is 21.8 Å². The SMILES string of the molecule is Cc1ccc(C(C)(O)CNc2nnc(C(F)(F)F)s2)o1. The maximum atomic E-state index is 12.4. The van der Waals surface area contributed by atoms with Crippen LogP contribution in [-0.2, 0) is 11.8 Å². The first kappa shape index (κ1) is 14.8. The average Bonchev–Trinajstić information content (AvgIpc) is 2.94. The van der Waals surface area contributed by atoms with Gasteiger partial charge in [-0.15, -0.1) is 10.2 Å². The Morgan fingerprint density at radius 2 is 2.05 bits per heavy atom. The largest absolute Gasteiger partial charge is 0.463 e. The molecule has 0 fully saturated rings. The Morgan fingerprint density at radius 3 is 2.55 bits per heavy atom. The second kappa shape index (κ2) is 5.06. The molecule has 0 aliphatic carbocycles. The topological polar surface area (TPSA) is 71.2 Å². The van der Waals surface area contributed by atoms with Crippen LogP contribution in [0.1, 0.15) is 23.5 Å². The van der Waals surface area contributed by atoms with E-state index >= 15 is 0 Å². The van der Waals surface area contributed by atoms with Crippen molar-refractivity contribution in [1.82, 2.24) is 10.2 Å². The summed E-state index contributed by atoms with van der Waals surface area (Å²) in [5, 5.41) is 18.2. The van der Waals surface area contributed by atoms with Crippen LogP contribution in [0.25, 0.3) is 0 Å². The van der Waals surface area contributed by atoms with E-state index in [1.807, 2.05) is 0 Å². The molecule has 0 radical (unpaired) electrons. The molecule has 2 rings (SSSR count). The number of aromatic nitrogens is 2. The van der Waals surface area contributed by atoms with Gasteiger partial charge in [-0.3, -0.25) is 0 Å². The third-order valence-corrected chi connectivity index (χ3v) is 3.45. The molecule has 1 unspecified atom stereocenters. The van der Waals surface area contributed by atoms with Crippen molar-refractivity contribution in [3.05, 3.63) is 28.7 Å². The van der Waals surface area contributed by atoms with Gasteiger partial charge >= 0.3 is 6.18 Å². The first-order valence-electron chi connectivity index (χ1n) is 5.62. The fourth-order valence-corrected chi connectivity index (χ4v) is 2.07. The minimum Gasteiger partial charge on any atom is -0.463 e. The minimum atomic E-state index is -4.52. The maximum absolute atomic E-state index is 12.4. The molecule has 0 spiro atoms. The molecule has 0 aliphatic rings. The van der Waals surface area contributed by atoms with Crippen molar-refractivity contribution in [2.45, 2.75) is 25.6 Å². The molecule has 0 aromatic carbocycles. The molecule has 110 valence electrons. The second-order valence-corrected chi connectivity index (χ2v) is 5.43. The lowest BCUT2D eigenvalue weighted by Gasteiger charge is -2.20. The molecule has 9 heteroatoms. The van der Waals surface area contributed by atoms with Crippen molar-refractivity contribution in [3.63, 3.8) is 0 Å². The molecule has 0 saturated carbocycles. The summed E-state index contributed by atoms with van der Waals surface area (Å²) in [5.41, 5.74) is -1.36. The summed E-state index contributed by atoms with van der Waals surface area (Å²) < 4.78 is 42.4. The molecule has 0 aliphatic heterocycles. The number of alkyl halides is 3. The Hall–Kier alpha value is -1.61. The van der Waals surface area contributed by atoms with Gasteiger partial charge in [0.15, 0.2) is 0 Å². The molecular weight excluding hydrogens is 295 g/mol. The van der Waals surface area contributed by atoms with E-state index < -0.39 is 16.8 Å². The van der Waals surface area contributed by atoms with Gasteiger partial charge in [-0.05, 0) is 26.0 Å². The Balaban J connectivity index is 2.03. The third-order valence-electron chi connectivity index (χ3n) is 2.52. The lowest BCUT2D eigenvalue weighted by atomic mass is 10.0. The molecule has 0 bridgehead atoms. The number of aliphatic hydroxyl groups is 1. The molecule has 2 heterocycles. The summed E-state index contributed by atoms with van der Waals surface area (Å²) in [6.07, 6.45) is -4.52. The van der Waals surface area contributed by atoms with Crippen LogP contribution in [0.2, 0.25) is 0 Å². The van der Waals surface area contributed by atoms with E-state index in [9.17, 15) is 18.3 Å². The lowest BCUT2D eigenvalue weighted by Crippen LogP contribution is -2.30. The number of rotatable bonds is 4. The van der Waals surface area contributed by atoms with E-state index in [0.717, 1.165) is 0 Å². The summed E-state index contributed by atoms with van der Waals surface area (Å²) in [5.74, 6) is 0.957. The molecule has 2 aromatic rings. The number of aryl methyl sites for hydroxylation is 1. The average molecular weight is 307 g/mol. The van der Waals surface area contributed by atoms with Crippen LogP contribution in [0, 0.1) is 6.92 Å². The number of anilines is 1. The predicted octanol–water partition coefficient (Wildman–Crippen LogP) is 2.78. The third kappa shape index (κ3) is 3.28. The van der Waals surface area contributed by atoms with Crippen LogP contribution in [0.4, 0.5) is 18.3 Å². The van der Waals surface area contributed by atoms with Crippen molar-refractivity contribution >= 4 is 16.5 Å². The zero-order valence-electron chi connectivity index (χ0n) is 10.7. The van der Waals surface area contributed by atoms with Crippen molar-refractivity contribution in [1.29, 1.82) is 0 Å². The fraction of sp³-hybridized carbons (Fsp3) is 0.455. The maximum Gasteiger partial charge on any atom is 0.445 e. The van der Waals surface area contributed by atoms with Gasteiger partial charge in [0.25, 0.3) is 0 Å². The summed E-state index contributed by atoms with van der Waals surface area (Å²) in [7, 11) is 0. The summed E-state index contributed by atoms with van der Waals surface area (Å²) >= 11 is 0.381. The van der Waals surface area contributed by atoms with Gasteiger partial charge in [0.1, 0.15) is 17.1 Å². The minimum absolute atomic E-state index is 0.0131. The van der Waals surface area contributed by atoms with E-state index in [1.54, 1.807) is 19.1 Å². The normalized spacial score (nSPS) is 15.1. The highest BCUT2D eigenvalue weighted by atomic mass is 32.1. The summed E-state index contributed by atoms with van der Waals surface area (Å²) in [6, 6.07) is 3.30. The van der Waals surface area contributed by atoms with Crippen LogP contribution in [0.5, 0.6) is 0 Å². The van der Waals surface area contributed by atoms with Gasteiger partial charge in [0, 0.05) is 0 Å². The Bertz CT molecular complexity index is 592. The highest BCUT2D eigenvalue weighted by Crippen LogP contribution is 2.33. The highest BCUT2D eigenvalue weighted by Gasteiger charge is 2.36. The summed E-state index contributed by atoms with van der Waals surface area (Å²) in [4.78, 5) is 0. The Kier molecular flexibility index (Phi) is 3.74. The number of furan rings is 1. The van der Waals surface area contributed by atoms with Crippen LogP contribution < -0.4 is 5.32 Å². The van der Waals surface area contributed by atoms with Crippen molar-refractivity contribution < 1.29 is 22.7 Å². The standard InChI is InChI=1S/C11H12F3N3O2S/c1-6-3-4-7(19-6)10(2,18)5-15-9-17-16-8(20-9)11(12,13)14/h3-4,18H,5H2,1-2H3,(H,15,17). The molecule has 0 amide bonds. The highest BCUT2D eigenvalue weighted by molar-refractivity contribution is 7.15. The first-order chi connectivity index (χ1) is 9.18. The van der Waals surface area contributed by atoms with E-state index in [2.05, 4.69) is 15.5 Å². The van der Waals surface area contributed by atoms with E-state index in [0.29, 0.717) is 22.9 Å². The van der Waals surface area contributed by atoms with E-state index in [4.69, 9.17) is 4.42 Å². The molecular formula is C11H12F3N3O2S. The number of hydrogen-bond donors (Lipinski definition) is 2. The zero-order chi connectivity index (χ0) is 15.0. The number of halogens is 3. The summed E-state index contributed by atoms with van der Waals surface area (Å²) in [6.45, 7) is 3.17. The molecule has 1 atom stereocenters. The number of nitrogens with zero attached hydrogens (tertiary/aromatic N) is 2. The van der Waals surface area contributed by atoms with Crippen LogP contribution in [0.3, 0.4) is 0 Å². The predicted molar refractivity (Wildman–Crippen MR) is 66.4 cm³/mol. The van der Waals surface area contributed by atoms with Crippen LogP contribution >= 0.6 is 11.3 Å². The van der Waals surface area contributed by atoms with Gasteiger partial charge in [-0.2, -0.15) is 13.2 Å². The Labute approximate surface area is 116 Å².